The van der Waals surface area contributed by atoms with Gasteiger partial charge in [-0.05, 0) is 36.8 Å². The molecular formula is C14H13ClN2O. The van der Waals surface area contributed by atoms with E-state index in [1.165, 1.54) is 0 Å². The largest absolute Gasteiger partial charge is 0.321 e. The molecule has 0 aliphatic carbocycles. The van der Waals surface area contributed by atoms with Crippen LogP contribution in [0.1, 0.15) is 21.7 Å². The molecule has 0 spiro atoms. The Bertz CT molecular complexity index is 569. The van der Waals surface area contributed by atoms with Crippen LogP contribution in [0.4, 0.5) is 5.69 Å². The maximum atomic E-state index is 12.0. The molecule has 1 aromatic heterocycles. The summed E-state index contributed by atoms with van der Waals surface area (Å²) in [6.07, 6.45) is 0. The number of alkyl halides is 1. The van der Waals surface area contributed by atoms with Gasteiger partial charge in [0.15, 0.2) is 0 Å². The Balaban J connectivity index is 2.16. The van der Waals surface area contributed by atoms with Crippen LogP contribution < -0.4 is 5.32 Å². The van der Waals surface area contributed by atoms with Crippen LogP contribution in [-0.4, -0.2) is 10.9 Å². The van der Waals surface area contributed by atoms with Crippen LogP contribution in [0.3, 0.4) is 0 Å². The molecule has 0 saturated heterocycles. The molecule has 0 radical (unpaired) electrons. The second-order valence-corrected chi connectivity index (χ2v) is 4.22. The molecule has 1 aromatic carbocycles. The molecule has 3 nitrogen and oxygen atoms in total. The van der Waals surface area contributed by atoms with E-state index < -0.39 is 0 Å². The Kier molecular flexibility index (Phi) is 3.95. The van der Waals surface area contributed by atoms with Crippen molar-refractivity contribution in [2.24, 2.45) is 0 Å². The smallest absolute Gasteiger partial charge is 0.274 e. The normalized spacial score (nSPS) is 10.1. The molecule has 0 unspecified atom stereocenters. The van der Waals surface area contributed by atoms with Crippen LogP contribution in [0.5, 0.6) is 0 Å². The topological polar surface area (TPSA) is 42.0 Å². The molecule has 4 heteroatoms. The van der Waals surface area contributed by atoms with Crippen molar-refractivity contribution in [3.63, 3.8) is 0 Å². The van der Waals surface area contributed by atoms with Crippen molar-refractivity contribution in [1.82, 2.24) is 4.98 Å². The molecule has 1 amide bonds. The summed E-state index contributed by atoms with van der Waals surface area (Å²) in [5, 5.41) is 2.80. The second-order valence-electron chi connectivity index (χ2n) is 3.95. The molecule has 1 heterocycles. The lowest BCUT2D eigenvalue weighted by Gasteiger charge is -2.06. The van der Waals surface area contributed by atoms with Gasteiger partial charge in [-0.3, -0.25) is 4.79 Å². The van der Waals surface area contributed by atoms with Crippen molar-refractivity contribution in [3.05, 3.63) is 59.4 Å². The highest BCUT2D eigenvalue weighted by molar-refractivity contribution is 6.17. The molecule has 92 valence electrons. The number of carbonyl (C=O) groups is 1. The number of hydrogen-bond donors (Lipinski definition) is 1. The van der Waals surface area contributed by atoms with E-state index >= 15 is 0 Å². The summed E-state index contributed by atoms with van der Waals surface area (Å²) in [6, 6.07) is 12.8. The number of aromatic nitrogens is 1. The van der Waals surface area contributed by atoms with Gasteiger partial charge in [-0.15, -0.1) is 11.6 Å². The summed E-state index contributed by atoms with van der Waals surface area (Å²) >= 11 is 5.75. The molecule has 0 aliphatic heterocycles. The van der Waals surface area contributed by atoms with Gasteiger partial charge in [0.2, 0.25) is 0 Å². The van der Waals surface area contributed by atoms with Gasteiger partial charge >= 0.3 is 0 Å². The van der Waals surface area contributed by atoms with Crippen molar-refractivity contribution < 1.29 is 4.79 Å². The van der Waals surface area contributed by atoms with Gasteiger partial charge in [0.25, 0.3) is 5.91 Å². The quantitative estimate of drug-likeness (QED) is 0.860. The Morgan fingerprint density at radius 3 is 2.78 bits per heavy atom. The Morgan fingerprint density at radius 2 is 2.06 bits per heavy atom. The number of carbonyl (C=O) groups excluding carboxylic acids is 1. The summed E-state index contributed by atoms with van der Waals surface area (Å²) in [7, 11) is 0. The first-order chi connectivity index (χ1) is 8.69. The standard InChI is InChI=1S/C14H13ClN2O/c1-10-4-2-7-13(16-10)14(18)17-12-6-3-5-11(8-12)9-15/h2-8H,9H2,1H3,(H,17,18). The van der Waals surface area contributed by atoms with E-state index in [2.05, 4.69) is 10.3 Å². The summed E-state index contributed by atoms with van der Waals surface area (Å²) in [5.74, 6) is 0.206. The van der Waals surface area contributed by atoms with E-state index in [9.17, 15) is 4.79 Å². The molecule has 2 aromatic rings. The zero-order valence-corrected chi connectivity index (χ0v) is 10.7. The van der Waals surface area contributed by atoms with E-state index in [0.29, 0.717) is 11.6 Å². The van der Waals surface area contributed by atoms with Crippen LogP contribution in [0, 0.1) is 6.92 Å². The summed E-state index contributed by atoms with van der Waals surface area (Å²) < 4.78 is 0. The van der Waals surface area contributed by atoms with Crippen LogP contribution in [-0.2, 0) is 5.88 Å². The fraction of sp³-hybridized carbons (Fsp3) is 0.143. The molecule has 1 N–H and O–H groups in total. The van der Waals surface area contributed by atoms with Crippen LogP contribution in [0.25, 0.3) is 0 Å². The highest BCUT2D eigenvalue weighted by atomic mass is 35.5. The first-order valence-electron chi connectivity index (χ1n) is 5.59. The molecule has 2 rings (SSSR count). The summed E-state index contributed by atoms with van der Waals surface area (Å²) in [4.78, 5) is 16.1. The number of benzene rings is 1. The molecule has 0 aliphatic rings. The third-order valence-corrected chi connectivity index (χ3v) is 2.77. The lowest BCUT2D eigenvalue weighted by Crippen LogP contribution is -2.14. The molecule has 0 bridgehead atoms. The maximum absolute atomic E-state index is 12.0. The van der Waals surface area contributed by atoms with E-state index in [1.54, 1.807) is 6.07 Å². The monoisotopic (exact) mass is 260 g/mol. The average Bonchev–Trinajstić information content (AvgIpc) is 2.39. The number of hydrogen-bond acceptors (Lipinski definition) is 2. The molecule has 0 fully saturated rings. The van der Waals surface area contributed by atoms with E-state index in [0.717, 1.165) is 16.9 Å². The predicted octanol–water partition coefficient (Wildman–Crippen LogP) is 3.38. The maximum Gasteiger partial charge on any atom is 0.274 e. The van der Waals surface area contributed by atoms with Crippen LogP contribution in [0.15, 0.2) is 42.5 Å². The molecule has 18 heavy (non-hydrogen) atoms. The zero-order valence-electron chi connectivity index (χ0n) is 9.98. The zero-order chi connectivity index (χ0) is 13.0. The number of nitrogens with zero attached hydrogens (tertiary/aromatic N) is 1. The number of pyridine rings is 1. The fourth-order valence-electron chi connectivity index (χ4n) is 1.60. The van der Waals surface area contributed by atoms with E-state index in [4.69, 9.17) is 11.6 Å². The van der Waals surface area contributed by atoms with Crippen molar-refractivity contribution in [1.29, 1.82) is 0 Å². The predicted molar refractivity (Wildman–Crippen MR) is 72.9 cm³/mol. The van der Waals surface area contributed by atoms with Crippen LogP contribution in [0.2, 0.25) is 0 Å². The minimum atomic E-state index is -0.217. The average molecular weight is 261 g/mol. The minimum absolute atomic E-state index is 0.217. The van der Waals surface area contributed by atoms with Gasteiger partial charge in [-0.2, -0.15) is 0 Å². The van der Waals surface area contributed by atoms with Gasteiger partial charge in [0.1, 0.15) is 5.69 Å². The highest BCUT2D eigenvalue weighted by Crippen LogP contribution is 2.13. The lowest BCUT2D eigenvalue weighted by atomic mass is 10.2. The first-order valence-corrected chi connectivity index (χ1v) is 6.12. The number of amides is 1. The Labute approximate surface area is 111 Å². The number of anilines is 1. The van der Waals surface area contributed by atoms with Crippen molar-refractivity contribution in [3.8, 4) is 0 Å². The van der Waals surface area contributed by atoms with E-state index in [1.807, 2.05) is 43.3 Å². The number of aryl methyl sites for hydroxylation is 1. The molecule has 0 saturated carbocycles. The lowest BCUT2D eigenvalue weighted by molar-refractivity contribution is 0.102. The second kappa shape index (κ2) is 5.65. The fourth-order valence-corrected chi connectivity index (χ4v) is 1.76. The third kappa shape index (κ3) is 3.08. The third-order valence-electron chi connectivity index (χ3n) is 2.46. The van der Waals surface area contributed by atoms with Crippen molar-refractivity contribution in [2.75, 3.05) is 5.32 Å². The van der Waals surface area contributed by atoms with E-state index in [-0.39, 0.29) is 5.91 Å². The summed E-state index contributed by atoms with van der Waals surface area (Å²) in [5.41, 5.74) is 2.91. The van der Waals surface area contributed by atoms with Gasteiger partial charge in [0, 0.05) is 17.3 Å². The Morgan fingerprint density at radius 1 is 1.28 bits per heavy atom. The molecular weight excluding hydrogens is 248 g/mol. The molecule has 0 atom stereocenters. The summed E-state index contributed by atoms with van der Waals surface area (Å²) in [6.45, 7) is 1.85. The van der Waals surface area contributed by atoms with Crippen molar-refractivity contribution in [2.45, 2.75) is 12.8 Å². The SMILES string of the molecule is Cc1cccc(C(=O)Nc2cccc(CCl)c2)n1. The number of nitrogens with one attached hydrogen (secondary N) is 1. The van der Waals surface area contributed by atoms with Gasteiger partial charge in [-0.25, -0.2) is 4.98 Å². The van der Waals surface area contributed by atoms with Crippen molar-refractivity contribution >= 4 is 23.2 Å². The van der Waals surface area contributed by atoms with Gasteiger partial charge in [0.05, 0.1) is 0 Å². The first kappa shape index (κ1) is 12.6. The highest BCUT2D eigenvalue weighted by Gasteiger charge is 2.07. The van der Waals surface area contributed by atoms with Crippen LogP contribution >= 0.6 is 11.6 Å². The van der Waals surface area contributed by atoms with Gasteiger partial charge < -0.3 is 5.32 Å². The Hall–Kier alpha value is -1.87. The van der Waals surface area contributed by atoms with Gasteiger partial charge in [-0.1, -0.05) is 18.2 Å². The minimum Gasteiger partial charge on any atom is -0.321 e. The number of halogens is 1. The number of rotatable bonds is 3.